The Morgan fingerprint density at radius 3 is 2.70 bits per heavy atom. The van der Waals surface area contributed by atoms with Gasteiger partial charge in [0.2, 0.25) is 0 Å². The second-order valence-electron chi connectivity index (χ2n) is 5.17. The van der Waals surface area contributed by atoms with Crippen LogP contribution in [0, 0.1) is 0 Å². The first-order valence-corrected chi connectivity index (χ1v) is 8.41. The highest BCUT2D eigenvalue weighted by molar-refractivity contribution is 7.19. The minimum Gasteiger partial charge on any atom is -0.355 e. The monoisotopic (exact) mass is 340 g/mol. The lowest BCUT2D eigenvalue weighted by Gasteiger charge is -2.07. The van der Waals surface area contributed by atoms with E-state index in [9.17, 15) is 0 Å². The maximum Gasteiger partial charge on any atom is 0.177 e. The van der Waals surface area contributed by atoms with Gasteiger partial charge in [-0.3, -0.25) is 0 Å². The van der Waals surface area contributed by atoms with Gasteiger partial charge in [-0.2, -0.15) is 0 Å². The average molecular weight is 341 g/mol. The Labute approximate surface area is 142 Å². The van der Waals surface area contributed by atoms with Gasteiger partial charge in [0, 0.05) is 18.0 Å². The lowest BCUT2D eigenvalue weighted by Crippen LogP contribution is -2.00. The number of thiophene rings is 1. The number of rotatable bonds is 4. The molecule has 0 aliphatic carbocycles. The van der Waals surface area contributed by atoms with Gasteiger partial charge in [0.15, 0.2) is 5.76 Å². The molecule has 23 heavy (non-hydrogen) atoms. The van der Waals surface area contributed by atoms with Crippen LogP contribution in [0.2, 0.25) is 4.34 Å². The normalized spacial score (nSPS) is 11.0. The molecule has 0 aliphatic heterocycles. The Morgan fingerprint density at radius 2 is 1.91 bits per heavy atom. The SMILES string of the molecule is Clc1ccc(-c2cc(Cn3cccc3-c3ccccc3)no2)s1. The van der Waals surface area contributed by atoms with Crippen LogP contribution in [0.5, 0.6) is 0 Å². The van der Waals surface area contributed by atoms with Crippen LogP contribution in [0.25, 0.3) is 21.9 Å². The number of hydrogen-bond acceptors (Lipinski definition) is 3. The fourth-order valence-electron chi connectivity index (χ4n) is 2.55. The third-order valence-corrected chi connectivity index (χ3v) is 4.85. The van der Waals surface area contributed by atoms with Crippen molar-refractivity contribution in [2.75, 3.05) is 0 Å². The van der Waals surface area contributed by atoms with Crippen molar-refractivity contribution in [3.63, 3.8) is 0 Å². The first kappa shape index (κ1) is 14.3. The van der Waals surface area contributed by atoms with Gasteiger partial charge < -0.3 is 9.09 Å². The van der Waals surface area contributed by atoms with Crippen molar-refractivity contribution in [1.29, 1.82) is 0 Å². The van der Waals surface area contributed by atoms with Crippen molar-refractivity contribution in [3.05, 3.63) is 76.9 Å². The second kappa shape index (κ2) is 6.07. The van der Waals surface area contributed by atoms with Crippen molar-refractivity contribution < 1.29 is 4.52 Å². The smallest absolute Gasteiger partial charge is 0.177 e. The van der Waals surface area contributed by atoms with E-state index in [0.29, 0.717) is 6.54 Å². The van der Waals surface area contributed by atoms with Crippen molar-refractivity contribution in [2.45, 2.75) is 6.54 Å². The highest BCUT2D eigenvalue weighted by atomic mass is 35.5. The summed E-state index contributed by atoms with van der Waals surface area (Å²) < 4.78 is 8.36. The summed E-state index contributed by atoms with van der Waals surface area (Å²) in [7, 11) is 0. The average Bonchev–Trinajstić information content (AvgIpc) is 3.29. The summed E-state index contributed by atoms with van der Waals surface area (Å²) in [4.78, 5) is 0.990. The van der Waals surface area contributed by atoms with Crippen LogP contribution >= 0.6 is 22.9 Å². The van der Waals surface area contributed by atoms with Crippen LogP contribution in [-0.2, 0) is 6.54 Å². The highest BCUT2D eigenvalue weighted by Gasteiger charge is 2.11. The number of hydrogen-bond donors (Lipinski definition) is 0. The predicted octanol–water partition coefficient (Wildman–Crippen LogP) is 5.57. The van der Waals surface area contributed by atoms with Crippen LogP contribution in [0.4, 0.5) is 0 Å². The third kappa shape index (κ3) is 2.96. The molecule has 0 bridgehead atoms. The third-order valence-electron chi connectivity index (χ3n) is 3.61. The van der Waals surface area contributed by atoms with Gasteiger partial charge in [-0.15, -0.1) is 11.3 Å². The molecule has 5 heteroatoms. The molecule has 3 nitrogen and oxygen atoms in total. The van der Waals surface area contributed by atoms with Crippen molar-refractivity contribution in [3.8, 4) is 21.9 Å². The van der Waals surface area contributed by atoms with Crippen LogP contribution in [0.1, 0.15) is 5.69 Å². The van der Waals surface area contributed by atoms with E-state index in [1.807, 2.05) is 42.5 Å². The van der Waals surface area contributed by atoms with E-state index >= 15 is 0 Å². The summed E-state index contributed by atoms with van der Waals surface area (Å²) in [5, 5.41) is 4.18. The molecule has 1 aromatic carbocycles. The zero-order valence-electron chi connectivity index (χ0n) is 12.1. The molecule has 0 saturated heterocycles. The molecule has 4 rings (SSSR count). The van der Waals surface area contributed by atoms with Gasteiger partial charge in [0.25, 0.3) is 0 Å². The summed E-state index contributed by atoms with van der Waals surface area (Å²) in [6.07, 6.45) is 2.05. The zero-order valence-corrected chi connectivity index (χ0v) is 13.7. The molecule has 3 aromatic heterocycles. The van der Waals surface area contributed by atoms with Gasteiger partial charge in [-0.25, -0.2) is 0 Å². The molecule has 0 fully saturated rings. The Hall–Kier alpha value is -2.30. The molecule has 4 aromatic rings. The van der Waals surface area contributed by atoms with Crippen LogP contribution in [0.3, 0.4) is 0 Å². The van der Waals surface area contributed by atoms with Crippen molar-refractivity contribution in [1.82, 2.24) is 9.72 Å². The van der Waals surface area contributed by atoms with E-state index < -0.39 is 0 Å². The molecule has 0 aliphatic rings. The van der Waals surface area contributed by atoms with Gasteiger partial charge >= 0.3 is 0 Å². The molecule has 0 amide bonds. The standard InChI is InChI=1S/C18H13ClN2OS/c19-18-9-8-17(23-18)16-11-14(20-22-16)12-21-10-4-7-15(21)13-5-2-1-3-6-13/h1-11H,12H2. The maximum absolute atomic E-state index is 5.97. The molecule has 3 heterocycles. The van der Waals surface area contributed by atoms with E-state index in [0.717, 1.165) is 26.4 Å². The number of benzene rings is 1. The summed E-state index contributed by atoms with van der Waals surface area (Å²) in [6.45, 7) is 0.667. The quantitative estimate of drug-likeness (QED) is 0.486. The number of aromatic nitrogens is 2. The first-order chi connectivity index (χ1) is 11.3. The molecule has 0 radical (unpaired) electrons. The largest absolute Gasteiger partial charge is 0.355 e. The molecule has 0 N–H and O–H groups in total. The first-order valence-electron chi connectivity index (χ1n) is 7.21. The predicted molar refractivity (Wildman–Crippen MR) is 93.8 cm³/mol. The van der Waals surface area contributed by atoms with Gasteiger partial charge in [0.1, 0.15) is 5.69 Å². The highest BCUT2D eigenvalue weighted by Crippen LogP contribution is 2.31. The maximum atomic E-state index is 5.97. The molecular weight excluding hydrogens is 328 g/mol. The van der Waals surface area contributed by atoms with E-state index in [1.165, 1.54) is 16.9 Å². The number of halogens is 1. The Kier molecular flexibility index (Phi) is 3.77. The summed E-state index contributed by atoms with van der Waals surface area (Å²) >= 11 is 7.46. The van der Waals surface area contributed by atoms with Crippen LogP contribution in [-0.4, -0.2) is 9.72 Å². The fourth-order valence-corrected chi connectivity index (χ4v) is 3.54. The van der Waals surface area contributed by atoms with E-state index in [4.69, 9.17) is 16.1 Å². The summed E-state index contributed by atoms with van der Waals surface area (Å²) in [5.41, 5.74) is 3.23. The Balaban J connectivity index is 1.60. The minimum absolute atomic E-state index is 0.667. The van der Waals surface area contributed by atoms with E-state index in [1.54, 1.807) is 0 Å². The molecule has 114 valence electrons. The van der Waals surface area contributed by atoms with Crippen LogP contribution in [0.15, 0.2) is 71.4 Å². The topological polar surface area (TPSA) is 31.0 Å². The second-order valence-corrected chi connectivity index (χ2v) is 6.89. The summed E-state index contributed by atoms with van der Waals surface area (Å²) in [5.74, 6) is 0.755. The molecule has 0 atom stereocenters. The molecule has 0 spiro atoms. The summed E-state index contributed by atoms with van der Waals surface area (Å²) in [6, 6.07) is 20.2. The van der Waals surface area contributed by atoms with Crippen LogP contribution < -0.4 is 0 Å². The van der Waals surface area contributed by atoms with E-state index in [-0.39, 0.29) is 0 Å². The van der Waals surface area contributed by atoms with Gasteiger partial charge in [-0.05, 0) is 29.8 Å². The van der Waals surface area contributed by atoms with Crippen molar-refractivity contribution >= 4 is 22.9 Å². The Bertz CT molecular complexity index is 923. The van der Waals surface area contributed by atoms with E-state index in [2.05, 4.69) is 34.1 Å². The fraction of sp³-hybridized carbons (Fsp3) is 0.0556. The molecule has 0 unspecified atom stereocenters. The lowest BCUT2D eigenvalue weighted by molar-refractivity contribution is 0.422. The molecule has 0 saturated carbocycles. The van der Waals surface area contributed by atoms with Gasteiger partial charge in [0.05, 0.1) is 15.8 Å². The minimum atomic E-state index is 0.667. The van der Waals surface area contributed by atoms with Crippen molar-refractivity contribution in [2.24, 2.45) is 0 Å². The molecular formula is C18H13ClN2OS. The number of nitrogens with zero attached hydrogens (tertiary/aromatic N) is 2. The lowest BCUT2D eigenvalue weighted by atomic mass is 10.1. The Morgan fingerprint density at radius 1 is 1.04 bits per heavy atom. The van der Waals surface area contributed by atoms with Gasteiger partial charge in [-0.1, -0.05) is 47.1 Å². The zero-order chi connectivity index (χ0) is 15.6.